The van der Waals surface area contributed by atoms with E-state index in [-0.39, 0.29) is 0 Å². The monoisotopic (exact) mass is 654 g/mol. The largest absolute Gasteiger partial charge is 0.0978 e. The summed E-state index contributed by atoms with van der Waals surface area (Å²) in [5.41, 5.74) is 3.80. The van der Waals surface area contributed by atoms with Crippen molar-refractivity contribution in [2.24, 2.45) is 0 Å². The van der Waals surface area contributed by atoms with Crippen molar-refractivity contribution in [2.75, 3.05) is 21.3 Å². The summed E-state index contributed by atoms with van der Waals surface area (Å²) < 4.78 is 0. The molecule has 158 valence electrons. The van der Waals surface area contributed by atoms with Crippen LogP contribution in [0.3, 0.4) is 0 Å². The molecule has 0 aromatic heterocycles. The van der Waals surface area contributed by atoms with Gasteiger partial charge in [-0.1, -0.05) is 111 Å². The Balaban J connectivity index is 3.37. The van der Waals surface area contributed by atoms with Gasteiger partial charge in [-0.05, 0) is 37.8 Å². The SMILES string of the molecule is BrCCCC#Cc1cc(C#CCCCBr)c(C#CCCCBr)cc1C#CCCCBr. The maximum atomic E-state index is 3.46. The van der Waals surface area contributed by atoms with Crippen molar-refractivity contribution in [3.63, 3.8) is 0 Å². The molecule has 0 N–H and O–H groups in total. The highest BCUT2D eigenvalue weighted by Gasteiger charge is 2.05. The summed E-state index contributed by atoms with van der Waals surface area (Å²) >= 11 is 13.9. The lowest BCUT2D eigenvalue weighted by Gasteiger charge is -2.03. The molecule has 0 amide bonds. The van der Waals surface area contributed by atoms with Crippen LogP contribution in [0.15, 0.2) is 12.1 Å². The maximum Gasteiger partial charge on any atom is 0.0415 e. The molecule has 0 saturated carbocycles. The summed E-state index contributed by atoms with van der Waals surface area (Å²) in [6.07, 6.45) is 7.60. The third-order valence-corrected chi connectivity index (χ3v) is 6.03. The van der Waals surface area contributed by atoms with E-state index in [1.165, 1.54) is 0 Å². The van der Waals surface area contributed by atoms with Crippen LogP contribution in [0.25, 0.3) is 0 Å². The Kier molecular flexibility index (Phi) is 17.4. The molecule has 1 rings (SSSR count). The summed E-state index contributed by atoms with van der Waals surface area (Å²) in [5.74, 6) is 26.4. The van der Waals surface area contributed by atoms with Crippen LogP contribution < -0.4 is 0 Å². The highest BCUT2D eigenvalue weighted by atomic mass is 79.9. The van der Waals surface area contributed by atoms with Crippen LogP contribution in [0.1, 0.15) is 73.6 Å². The molecule has 0 bridgehead atoms. The van der Waals surface area contributed by atoms with E-state index in [9.17, 15) is 0 Å². The van der Waals surface area contributed by atoms with Gasteiger partial charge in [-0.3, -0.25) is 0 Å². The topological polar surface area (TPSA) is 0 Å². The number of unbranched alkanes of at least 4 members (excludes halogenated alkanes) is 4. The van der Waals surface area contributed by atoms with Gasteiger partial charge in [0.05, 0.1) is 0 Å². The molecule has 30 heavy (non-hydrogen) atoms. The molecule has 0 nitrogen and oxygen atoms in total. The summed E-state index contributed by atoms with van der Waals surface area (Å²) in [5, 5.41) is 3.87. The number of hydrogen-bond donors (Lipinski definition) is 0. The van der Waals surface area contributed by atoms with E-state index in [4.69, 9.17) is 0 Å². The van der Waals surface area contributed by atoms with Crippen LogP contribution in [0.5, 0.6) is 0 Å². The summed E-state index contributed by atoms with van der Waals surface area (Å²) in [6, 6.07) is 4.15. The first-order valence-corrected chi connectivity index (χ1v) is 14.6. The highest BCUT2D eigenvalue weighted by Crippen LogP contribution is 2.16. The van der Waals surface area contributed by atoms with Crippen LogP contribution >= 0.6 is 63.7 Å². The van der Waals surface area contributed by atoms with Crippen molar-refractivity contribution in [3.05, 3.63) is 34.4 Å². The van der Waals surface area contributed by atoms with Crippen molar-refractivity contribution in [1.82, 2.24) is 0 Å². The van der Waals surface area contributed by atoms with Crippen LogP contribution in [0.2, 0.25) is 0 Å². The van der Waals surface area contributed by atoms with Gasteiger partial charge in [0.25, 0.3) is 0 Å². The number of halogens is 4. The van der Waals surface area contributed by atoms with E-state index in [2.05, 4.69) is 123 Å². The summed E-state index contributed by atoms with van der Waals surface area (Å²) in [4.78, 5) is 0. The Morgan fingerprint density at radius 1 is 0.433 bits per heavy atom. The molecule has 0 spiro atoms. The number of rotatable bonds is 8. The Morgan fingerprint density at radius 2 is 0.667 bits per heavy atom. The third-order valence-electron chi connectivity index (χ3n) is 3.79. The van der Waals surface area contributed by atoms with Crippen molar-refractivity contribution in [3.8, 4) is 47.4 Å². The second kappa shape index (κ2) is 19.1. The van der Waals surface area contributed by atoms with E-state index in [0.717, 1.165) is 94.9 Å². The number of hydrogen-bond acceptors (Lipinski definition) is 0. The van der Waals surface area contributed by atoms with Gasteiger partial charge in [0.15, 0.2) is 0 Å². The van der Waals surface area contributed by atoms with E-state index in [0.29, 0.717) is 0 Å². The van der Waals surface area contributed by atoms with Gasteiger partial charge in [-0.2, -0.15) is 0 Å². The van der Waals surface area contributed by atoms with Gasteiger partial charge in [0, 0.05) is 69.3 Å². The second-order valence-electron chi connectivity index (χ2n) is 6.32. The van der Waals surface area contributed by atoms with Gasteiger partial charge in [-0.25, -0.2) is 0 Å². The smallest absolute Gasteiger partial charge is 0.0415 e. The van der Waals surface area contributed by atoms with Crippen molar-refractivity contribution in [1.29, 1.82) is 0 Å². The molecule has 1 aromatic carbocycles. The fourth-order valence-corrected chi connectivity index (χ4v) is 3.39. The molecular weight excluding hydrogens is 632 g/mol. The van der Waals surface area contributed by atoms with Crippen LogP contribution in [-0.2, 0) is 0 Å². The fraction of sp³-hybridized carbons (Fsp3) is 0.462. The molecule has 0 radical (unpaired) electrons. The molecule has 0 aliphatic carbocycles. The minimum Gasteiger partial charge on any atom is -0.0978 e. The number of benzene rings is 1. The van der Waals surface area contributed by atoms with Gasteiger partial charge < -0.3 is 0 Å². The maximum absolute atomic E-state index is 3.46. The lowest BCUT2D eigenvalue weighted by molar-refractivity contribution is 1.00. The number of alkyl halides is 4. The average Bonchev–Trinajstić information content (AvgIpc) is 2.76. The Morgan fingerprint density at radius 3 is 0.867 bits per heavy atom. The van der Waals surface area contributed by atoms with E-state index in [1.54, 1.807) is 0 Å². The molecule has 0 fully saturated rings. The van der Waals surface area contributed by atoms with E-state index in [1.807, 2.05) is 0 Å². The lowest BCUT2D eigenvalue weighted by Crippen LogP contribution is -1.93. The lowest BCUT2D eigenvalue weighted by atomic mass is 9.98. The molecule has 0 atom stereocenters. The van der Waals surface area contributed by atoms with Crippen LogP contribution in [0, 0.1) is 47.4 Å². The van der Waals surface area contributed by atoms with Crippen LogP contribution in [0.4, 0.5) is 0 Å². The molecule has 0 aliphatic heterocycles. The van der Waals surface area contributed by atoms with Gasteiger partial charge in [0.1, 0.15) is 0 Å². The fourth-order valence-electron chi connectivity index (χ4n) is 2.27. The average molecular weight is 658 g/mol. The highest BCUT2D eigenvalue weighted by molar-refractivity contribution is 9.09. The predicted molar refractivity (Wildman–Crippen MR) is 146 cm³/mol. The molecular formula is C26H26Br4. The van der Waals surface area contributed by atoms with Crippen molar-refractivity contribution >= 4 is 63.7 Å². The molecule has 4 heteroatoms. The van der Waals surface area contributed by atoms with Crippen LogP contribution in [-0.4, -0.2) is 21.3 Å². The molecule has 0 unspecified atom stereocenters. The second-order valence-corrected chi connectivity index (χ2v) is 9.49. The first-order chi connectivity index (χ1) is 14.8. The Hall–Kier alpha value is -0.620. The Labute approximate surface area is 216 Å². The van der Waals surface area contributed by atoms with Crippen molar-refractivity contribution < 1.29 is 0 Å². The van der Waals surface area contributed by atoms with Gasteiger partial charge >= 0.3 is 0 Å². The first kappa shape index (κ1) is 27.4. The Bertz CT molecular complexity index is 740. The quantitative estimate of drug-likeness (QED) is 0.152. The molecule has 0 aliphatic rings. The summed E-state index contributed by atoms with van der Waals surface area (Å²) in [6.45, 7) is 0. The zero-order valence-corrected chi connectivity index (χ0v) is 23.5. The standard InChI is InChI=1S/C26H26Br4/c27-17-9-1-5-13-23-21-25(15-7-3-11-19-29)26(16-8-4-12-20-30)22-24(23)14-6-2-10-18-28/h21-22H,1-4,9-12,17-20H2. The minimum absolute atomic E-state index is 0.863. The third kappa shape index (κ3) is 12.3. The minimum atomic E-state index is 0.863. The molecule has 1 aromatic rings. The zero-order chi connectivity index (χ0) is 21.9. The van der Waals surface area contributed by atoms with E-state index >= 15 is 0 Å². The summed E-state index contributed by atoms with van der Waals surface area (Å²) in [7, 11) is 0. The molecule has 0 saturated heterocycles. The van der Waals surface area contributed by atoms with Gasteiger partial charge in [-0.15, -0.1) is 0 Å². The first-order valence-electron chi connectivity index (χ1n) is 10.1. The predicted octanol–water partition coefficient (Wildman–Crippen LogP) is 7.79. The van der Waals surface area contributed by atoms with Crippen molar-refractivity contribution in [2.45, 2.75) is 51.4 Å². The molecule has 0 heterocycles. The van der Waals surface area contributed by atoms with E-state index < -0.39 is 0 Å². The zero-order valence-electron chi connectivity index (χ0n) is 17.2. The van der Waals surface area contributed by atoms with Gasteiger partial charge in [0.2, 0.25) is 0 Å². The normalized spacial score (nSPS) is 9.20.